The minimum absolute atomic E-state index is 0.0492. The van der Waals surface area contributed by atoms with Crippen LogP contribution in [-0.2, 0) is 0 Å². The SMILES string of the molecule is Cc1ccc2cc(C(=O)NC3CCOc4ccc(Br)cc43)[nH]c2c1. The maximum absolute atomic E-state index is 12.7. The molecule has 0 spiro atoms. The molecule has 1 aliphatic rings. The first-order chi connectivity index (χ1) is 11.6. The summed E-state index contributed by atoms with van der Waals surface area (Å²) >= 11 is 3.48. The third kappa shape index (κ3) is 2.80. The number of carbonyl (C=O) groups is 1. The predicted octanol–water partition coefficient (Wildman–Crippen LogP) is 4.49. The Hall–Kier alpha value is -2.27. The van der Waals surface area contributed by atoms with Gasteiger partial charge in [-0.15, -0.1) is 0 Å². The topological polar surface area (TPSA) is 54.1 Å². The molecule has 122 valence electrons. The summed E-state index contributed by atoms with van der Waals surface area (Å²) < 4.78 is 6.66. The van der Waals surface area contributed by atoms with Gasteiger partial charge in [0.15, 0.2) is 0 Å². The smallest absolute Gasteiger partial charge is 0.268 e. The van der Waals surface area contributed by atoms with Crippen LogP contribution in [0.1, 0.15) is 34.1 Å². The Labute approximate surface area is 148 Å². The summed E-state index contributed by atoms with van der Waals surface area (Å²) in [4.78, 5) is 15.9. The lowest BCUT2D eigenvalue weighted by Crippen LogP contribution is -2.32. The molecule has 4 nitrogen and oxygen atoms in total. The summed E-state index contributed by atoms with van der Waals surface area (Å²) in [7, 11) is 0. The maximum atomic E-state index is 12.7. The molecule has 1 unspecified atom stereocenters. The second-order valence-corrected chi connectivity index (χ2v) is 7.03. The molecule has 2 N–H and O–H groups in total. The van der Waals surface area contributed by atoms with E-state index in [-0.39, 0.29) is 11.9 Å². The number of nitrogens with one attached hydrogen (secondary N) is 2. The molecule has 1 atom stereocenters. The zero-order valence-electron chi connectivity index (χ0n) is 13.2. The summed E-state index contributed by atoms with van der Waals surface area (Å²) in [5.41, 5.74) is 3.74. The first-order valence-corrected chi connectivity index (χ1v) is 8.72. The van der Waals surface area contributed by atoms with Crippen molar-refractivity contribution in [1.82, 2.24) is 10.3 Å². The van der Waals surface area contributed by atoms with Crippen LogP contribution in [0.2, 0.25) is 0 Å². The number of aryl methyl sites for hydroxylation is 1. The van der Waals surface area contributed by atoms with Crippen molar-refractivity contribution in [2.45, 2.75) is 19.4 Å². The van der Waals surface area contributed by atoms with Gasteiger partial charge in [-0.2, -0.15) is 0 Å². The lowest BCUT2D eigenvalue weighted by atomic mass is 10.0. The highest BCUT2D eigenvalue weighted by Gasteiger charge is 2.24. The van der Waals surface area contributed by atoms with E-state index >= 15 is 0 Å². The molecule has 1 aromatic heterocycles. The minimum Gasteiger partial charge on any atom is -0.493 e. The van der Waals surface area contributed by atoms with Crippen molar-refractivity contribution in [3.8, 4) is 5.75 Å². The summed E-state index contributed by atoms with van der Waals surface area (Å²) in [6, 6.07) is 13.9. The number of amides is 1. The Morgan fingerprint density at radius 3 is 3.00 bits per heavy atom. The summed E-state index contributed by atoms with van der Waals surface area (Å²) in [6.07, 6.45) is 0.758. The Bertz CT molecular complexity index is 932. The van der Waals surface area contributed by atoms with Crippen LogP contribution in [0.4, 0.5) is 0 Å². The first-order valence-electron chi connectivity index (χ1n) is 7.92. The van der Waals surface area contributed by atoms with Crippen LogP contribution in [0.25, 0.3) is 10.9 Å². The third-order valence-corrected chi connectivity index (χ3v) is 4.83. The number of hydrogen-bond donors (Lipinski definition) is 2. The van der Waals surface area contributed by atoms with E-state index in [0.717, 1.165) is 33.1 Å². The number of carbonyl (C=O) groups excluding carboxylic acids is 1. The van der Waals surface area contributed by atoms with Gasteiger partial charge in [-0.25, -0.2) is 0 Å². The number of halogens is 1. The second kappa shape index (κ2) is 5.98. The van der Waals surface area contributed by atoms with Gasteiger partial charge in [-0.3, -0.25) is 4.79 Å². The van der Waals surface area contributed by atoms with E-state index in [0.29, 0.717) is 12.3 Å². The van der Waals surface area contributed by atoms with Crippen LogP contribution in [0, 0.1) is 6.92 Å². The van der Waals surface area contributed by atoms with Crippen LogP contribution in [0.15, 0.2) is 46.9 Å². The van der Waals surface area contributed by atoms with Crippen LogP contribution in [0.5, 0.6) is 5.75 Å². The Kier molecular flexibility index (Phi) is 3.81. The van der Waals surface area contributed by atoms with Crippen molar-refractivity contribution >= 4 is 32.7 Å². The second-order valence-electron chi connectivity index (χ2n) is 6.12. The van der Waals surface area contributed by atoms with Gasteiger partial charge in [0.25, 0.3) is 5.91 Å². The minimum atomic E-state index is -0.0957. The molecule has 2 aromatic carbocycles. The number of hydrogen-bond acceptors (Lipinski definition) is 2. The number of ether oxygens (including phenoxy) is 1. The monoisotopic (exact) mass is 384 g/mol. The fourth-order valence-corrected chi connectivity index (χ4v) is 3.49. The number of fused-ring (bicyclic) bond motifs is 2. The van der Waals surface area contributed by atoms with Gasteiger partial charge in [0.1, 0.15) is 11.4 Å². The van der Waals surface area contributed by atoms with Gasteiger partial charge in [-0.05, 0) is 42.8 Å². The van der Waals surface area contributed by atoms with Crippen LogP contribution >= 0.6 is 15.9 Å². The van der Waals surface area contributed by atoms with E-state index in [4.69, 9.17) is 4.74 Å². The summed E-state index contributed by atoms with van der Waals surface area (Å²) in [5.74, 6) is 0.740. The lowest BCUT2D eigenvalue weighted by Gasteiger charge is -2.26. The van der Waals surface area contributed by atoms with E-state index in [2.05, 4.69) is 26.2 Å². The molecule has 5 heteroatoms. The quantitative estimate of drug-likeness (QED) is 0.683. The number of benzene rings is 2. The molecule has 1 amide bonds. The molecular weight excluding hydrogens is 368 g/mol. The highest BCUT2D eigenvalue weighted by molar-refractivity contribution is 9.10. The Balaban J connectivity index is 1.61. The molecule has 0 saturated carbocycles. The van der Waals surface area contributed by atoms with Crippen molar-refractivity contribution in [2.24, 2.45) is 0 Å². The third-order valence-electron chi connectivity index (χ3n) is 4.34. The molecule has 1 aliphatic heterocycles. The maximum Gasteiger partial charge on any atom is 0.268 e. The van der Waals surface area contributed by atoms with Crippen molar-refractivity contribution in [1.29, 1.82) is 0 Å². The lowest BCUT2D eigenvalue weighted by molar-refractivity contribution is 0.0920. The van der Waals surface area contributed by atoms with E-state index in [1.165, 1.54) is 5.56 Å². The van der Waals surface area contributed by atoms with Gasteiger partial charge in [-0.1, -0.05) is 28.1 Å². The largest absolute Gasteiger partial charge is 0.493 e. The highest BCUT2D eigenvalue weighted by atomic mass is 79.9. The molecule has 0 aliphatic carbocycles. The van der Waals surface area contributed by atoms with E-state index < -0.39 is 0 Å². The van der Waals surface area contributed by atoms with Gasteiger partial charge in [0, 0.05) is 27.4 Å². The van der Waals surface area contributed by atoms with Crippen molar-refractivity contribution in [3.63, 3.8) is 0 Å². The average Bonchev–Trinajstić information content (AvgIpc) is 2.98. The molecule has 0 fully saturated rings. The van der Waals surface area contributed by atoms with E-state index in [9.17, 15) is 4.79 Å². The molecule has 2 heterocycles. The summed E-state index contributed by atoms with van der Waals surface area (Å²) in [6.45, 7) is 2.64. The number of aromatic amines is 1. The van der Waals surface area contributed by atoms with E-state index in [1.807, 2.05) is 49.4 Å². The van der Waals surface area contributed by atoms with E-state index in [1.54, 1.807) is 0 Å². The normalized spacial score (nSPS) is 16.5. The van der Waals surface area contributed by atoms with Crippen molar-refractivity contribution in [2.75, 3.05) is 6.61 Å². The Morgan fingerprint density at radius 2 is 2.12 bits per heavy atom. The molecule has 0 radical (unpaired) electrons. The molecule has 0 saturated heterocycles. The highest BCUT2D eigenvalue weighted by Crippen LogP contribution is 2.34. The van der Waals surface area contributed by atoms with Gasteiger partial charge in [0.05, 0.1) is 12.6 Å². The summed E-state index contributed by atoms with van der Waals surface area (Å²) in [5, 5.41) is 4.17. The first kappa shape index (κ1) is 15.3. The molecule has 0 bridgehead atoms. The van der Waals surface area contributed by atoms with Crippen LogP contribution < -0.4 is 10.1 Å². The Morgan fingerprint density at radius 1 is 1.25 bits per heavy atom. The van der Waals surface area contributed by atoms with Gasteiger partial charge < -0.3 is 15.0 Å². The van der Waals surface area contributed by atoms with Crippen molar-refractivity contribution in [3.05, 3.63) is 63.8 Å². The van der Waals surface area contributed by atoms with Gasteiger partial charge in [0.2, 0.25) is 0 Å². The zero-order chi connectivity index (χ0) is 16.7. The molecule has 4 rings (SSSR count). The fourth-order valence-electron chi connectivity index (χ4n) is 3.11. The van der Waals surface area contributed by atoms with Crippen LogP contribution in [0.3, 0.4) is 0 Å². The number of H-pyrrole nitrogens is 1. The number of rotatable bonds is 2. The zero-order valence-corrected chi connectivity index (χ0v) is 14.8. The van der Waals surface area contributed by atoms with Crippen molar-refractivity contribution < 1.29 is 9.53 Å². The number of aromatic nitrogens is 1. The average molecular weight is 385 g/mol. The van der Waals surface area contributed by atoms with Gasteiger partial charge >= 0.3 is 0 Å². The van der Waals surface area contributed by atoms with Crippen LogP contribution in [-0.4, -0.2) is 17.5 Å². The molecule has 24 heavy (non-hydrogen) atoms. The fraction of sp³-hybridized carbons (Fsp3) is 0.211. The predicted molar refractivity (Wildman–Crippen MR) is 97.5 cm³/mol. The molecule has 3 aromatic rings. The standard InChI is InChI=1S/C19H17BrN2O2/c1-11-2-3-12-9-17(21-16(12)8-11)19(23)22-15-6-7-24-18-5-4-13(20)10-14(15)18/h2-5,8-10,15,21H,6-7H2,1H3,(H,22,23). The molecular formula is C19H17BrN2O2.